The predicted molar refractivity (Wildman–Crippen MR) is 89.2 cm³/mol. The smallest absolute Gasteiger partial charge is 0.118 e. The molecule has 4 N–H and O–H groups in total. The van der Waals surface area contributed by atoms with Gasteiger partial charge in [-0.25, -0.2) is 0 Å². The molecule has 22 heavy (non-hydrogen) atoms. The number of methoxy groups -OCH3 is 2. The van der Waals surface area contributed by atoms with Gasteiger partial charge in [0.2, 0.25) is 0 Å². The van der Waals surface area contributed by atoms with Crippen molar-refractivity contribution in [3.8, 4) is 11.5 Å². The number of hydrogen-bond acceptors (Lipinski definition) is 4. The van der Waals surface area contributed by atoms with Gasteiger partial charge in [0.25, 0.3) is 0 Å². The molecule has 0 amide bonds. The van der Waals surface area contributed by atoms with Crippen LogP contribution in [-0.4, -0.2) is 20.8 Å². The summed E-state index contributed by atoms with van der Waals surface area (Å²) >= 11 is 0. The molecule has 0 saturated carbocycles. The van der Waals surface area contributed by atoms with Crippen LogP contribution in [0.15, 0.2) is 48.5 Å². The van der Waals surface area contributed by atoms with E-state index in [4.69, 9.17) is 20.9 Å². The van der Waals surface area contributed by atoms with E-state index in [-0.39, 0.29) is 0 Å². The van der Waals surface area contributed by atoms with Gasteiger partial charge >= 0.3 is 0 Å². The van der Waals surface area contributed by atoms with E-state index < -0.39 is 5.54 Å². The summed E-state index contributed by atoms with van der Waals surface area (Å²) in [6.07, 6.45) is 1.64. The second-order valence-corrected chi connectivity index (χ2v) is 5.44. The fourth-order valence-corrected chi connectivity index (χ4v) is 2.45. The zero-order valence-electron chi connectivity index (χ0n) is 13.2. The summed E-state index contributed by atoms with van der Waals surface area (Å²) in [5.41, 5.74) is 14.2. The summed E-state index contributed by atoms with van der Waals surface area (Å²) < 4.78 is 10.4. The van der Waals surface area contributed by atoms with E-state index in [0.717, 1.165) is 29.9 Å². The van der Waals surface area contributed by atoms with Crippen molar-refractivity contribution in [1.29, 1.82) is 0 Å². The first-order chi connectivity index (χ1) is 10.6. The Labute approximate surface area is 132 Å². The van der Waals surface area contributed by atoms with Crippen molar-refractivity contribution in [3.05, 3.63) is 59.7 Å². The summed E-state index contributed by atoms with van der Waals surface area (Å²) in [5.74, 6) is 1.68. The second-order valence-electron chi connectivity index (χ2n) is 5.44. The fourth-order valence-electron chi connectivity index (χ4n) is 2.45. The standard InChI is InChI=1S/C18H24N2O2/c1-21-16-7-3-14(4-8-16)11-12-18(20,13-19)15-5-9-17(22-2)10-6-15/h3-10H,11-13,19-20H2,1-2H3. The summed E-state index contributed by atoms with van der Waals surface area (Å²) in [5, 5.41) is 0. The molecular formula is C18H24N2O2. The average molecular weight is 300 g/mol. The molecule has 2 aromatic rings. The third-order valence-electron chi connectivity index (χ3n) is 4.05. The molecule has 0 aliphatic carbocycles. The molecule has 0 heterocycles. The Kier molecular flexibility index (Phi) is 5.41. The molecule has 0 aliphatic heterocycles. The minimum absolute atomic E-state index is 0.398. The van der Waals surface area contributed by atoms with Crippen LogP contribution >= 0.6 is 0 Å². The normalized spacial score (nSPS) is 13.5. The highest BCUT2D eigenvalue weighted by Gasteiger charge is 2.25. The van der Waals surface area contributed by atoms with Crippen molar-refractivity contribution in [1.82, 2.24) is 0 Å². The van der Waals surface area contributed by atoms with E-state index >= 15 is 0 Å². The first-order valence-electron chi connectivity index (χ1n) is 7.38. The van der Waals surface area contributed by atoms with E-state index in [9.17, 15) is 0 Å². The van der Waals surface area contributed by atoms with Gasteiger partial charge < -0.3 is 20.9 Å². The maximum Gasteiger partial charge on any atom is 0.118 e. The van der Waals surface area contributed by atoms with Crippen molar-refractivity contribution >= 4 is 0 Å². The Bertz CT molecular complexity index is 581. The summed E-state index contributed by atoms with van der Waals surface area (Å²) in [7, 11) is 3.31. The lowest BCUT2D eigenvalue weighted by atomic mass is 9.85. The van der Waals surface area contributed by atoms with Gasteiger partial charge in [-0.1, -0.05) is 24.3 Å². The van der Waals surface area contributed by atoms with Crippen LogP contribution in [0.2, 0.25) is 0 Å². The Morgan fingerprint density at radius 1 is 0.864 bits per heavy atom. The first-order valence-corrected chi connectivity index (χ1v) is 7.38. The number of benzene rings is 2. The van der Waals surface area contributed by atoms with Gasteiger partial charge in [-0.3, -0.25) is 0 Å². The van der Waals surface area contributed by atoms with Crippen molar-refractivity contribution in [2.45, 2.75) is 18.4 Å². The average Bonchev–Trinajstić information content (AvgIpc) is 2.60. The fraction of sp³-hybridized carbons (Fsp3) is 0.333. The molecule has 0 spiro atoms. The van der Waals surface area contributed by atoms with Gasteiger partial charge in [0.15, 0.2) is 0 Å². The van der Waals surface area contributed by atoms with Gasteiger partial charge in [-0.2, -0.15) is 0 Å². The molecule has 0 aliphatic rings. The van der Waals surface area contributed by atoms with Gasteiger partial charge in [0.05, 0.1) is 19.8 Å². The summed E-state index contributed by atoms with van der Waals surface area (Å²) in [6.45, 7) is 0.398. The largest absolute Gasteiger partial charge is 0.497 e. The van der Waals surface area contributed by atoms with Gasteiger partial charge in [0, 0.05) is 6.54 Å². The molecule has 2 rings (SSSR count). The van der Waals surface area contributed by atoms with Crippen LogP contribution in [-0.2, 0) is 12.0 Å². The molecule has 0 aromatic heterocycles. The summed E-state index contributed by atoms with van der Waals surface area (Å²) in [4.78, 5) is 0. The lowest BCUT2D eigenvalue weighted by Gasteiger charge is -2.29. The molecular weight excluding hydrogens is 276 g/mol. The second kappa shape index (κ2) is 7.29. The minimum Gasteiger partial charge on any atom is -0.497 e. The minimum atomic E-state index is -0.536. The Hall–Kier alpha value is -2.04. The van der Waals surface area contributed by atoms with Crippen LogP contribution in [0.3, 0.4) is 0 Å². The lowest BCUT2D eigenvalue weighted by Crippen LogP contribution is -2.44. The van der Waals surface area contributed by atoms with Crippen LogP contribution in [0.1, 0.15) is 17.5 Å². The van der Waals surface area contributed by atoms with Gasteiger partial charge in [-0.05, 0) is 48.2 Å². The summed E-state index contributed by atoms with van der Waals surface area (Å²) in [6, 6.07) is 15.8. The number of nitrogens with two attached hydrogens (primary N) is 2. The maximum atomic E-state index is 6.52. The molecule has 0 bridgehead atoms. The highest BCUT2D eigenvalue weighted by atomic mass is 16.5. The van der Waals surface area contributed by atoms with Crippen LogP contribution in [0.25, 0.3) is 0 Å². The topological polar surface area (TPSA) is 70.5 Å². The van der Waals surface area contributed by atoms with E-state index in [1.165, 1.54) is 5.56 Å². The van der Waals surface area contributed by atoms with E-state index in [1.54, 1.807) is 14.2 Å². The van der Waals surface area contributed by atoms with Crippen molar-refractivity contribution in [3.63, 3.8) is 0 Å². The number of hydrogen-bond donors (Lipinski definition) is 2. The molecule has 0 radical (unpaired) electrons. The Balaban J connectivity index is 2.08. The molecule has 4 heteroatoms. The molecule has 1 atom stereocenters. The molecule has 0 fully saturated rings. The number of ether oxygens (including phenoxy) is 2. The van der Waals surface area contributed by atoms with Gasteiger partial charge in [0.1, 0.15) is 11.5 Å². The van der Waals surface area contributed by atoms with Crippen molar-refractivity contribution in [2.24, 2.45) is 11.5 Å². The zero-order valence-corrected chi connectivity index (χ0v) is 13.2. The Morgan fingerprint density at radius 2 is 1.36 bits per heavy atom. The lowest BCUT2D eigenvalue weighted by molar-refractivity contribution is 0.407. The van der Waals surface area contributed by atoms with Crippen LogP contribution < -0.4 is 20.9 Å². The molecule has 4 nitrogen and oxygen atoms in total. The molecule has 118 valence electrons. The molecule has 2 aromatic carbocycles. The SMILES string of the molecule is COc1ccc(CCC(N)(CN)c2ccc(OC)cc2)cc1. The third-order valence-corrected chi connectivity index (χ3v) is 4.05. The van der Waals surface area contributed by atoms with E-state index in [1.807, 2.05) is 36.4 Å². The zero-order chi connectivity index (χ0) is 16.0. The Morgan fingerprint density at radius 3 is 1.82 bits per heavy atom. The third kappa shape index (κ3) is 3.78. The monoisotopic (exact) mass is 300 g/mol. The van der Waals surface area contributed by atoms with Crippen LogP contribution in [0, 0.1) is 0 Å². The predicted octanol–water partition coefficient (Wildman–Crippen LogP) is 2.45. The highest BCUT2D eigenvalue weighted by Crippen LogP contribution is 2.25. The van der Waals surface area contributed by atoms with E-state index in [2.05, 4.69) is 12.1 Å². The maximum absolute atomic E-state index is 6.52. The van der Waals surface area contributed by atoms with Crippen LogP contribution in [0.5, 0.6) is 11.5 Å². The van der Waals surface area contributed by atoms with Crippen LogP contribution in [0.4, 0.5) is 0 Å². The van der Waals surface area contributed by atoms with Crippen molar-refractivity contribution < 1.29 is 9.47 Å². The number of aryl methyl sites for hydroxylation is 1. The molecule has 0 saturated heterocycles. The quantitative estimate of drug-likeness (QED) is 0.824. The highest BCUT2D eigenvalue weighted by molar-refractivity contribution is 5.33. The van der Waals surface area contributed by atoms with Crippen molar-refractivity contribution in [2.75, 3.05) is 20.8 Å². The number of rotatable bonds is 7. The van der Waals surface area contributed by atoms with Gasteiger partial charge in [-0.15, -0.1) is 0 Å². The van der Waals surface area contributed by atoms with E-state index in [0.29, 0.717) is 6.54 Å². The molecule has 1 unspecified atom stereocenters. The first kappa shape index (κ1) is 16.3.